The summed E-state index contributed by atoms with van der Waals surface area (Å²) in [5.41, 5.74) is 0.321. The van der Waals surface area contributed by atoms with E-state index in [1.807, 2.05) is 0 Å². The van der Waals surface area contributed by atoms with E-state index in [1.54, 1.807) is 0 Å². The van der Waals surface area contributed by atoms with Crippen molar-refractivity contribution in [1.82, 2.24) is 0 Å². The lowest BCUT2D eigenvalue weighted by Crippen LogP contribution is -2.22. The van der Waals surface area contributed by atoms with E-state index < -0.39 is 22.1 Å². The first-order valence-corrected chi connectivity index (χ1v) is 6.79. The van der Waals surface area contributed by atoms with Crippen LogP contribution in [0, 0.1) is 0 Å². The molecule has 0 spiro atoms. The van der Waals surface area contributed by atoms with Gasteiger partial charge in [0, 0.05) is 6.42 Å². The molecule has 0 radical (unpaired) electrons. The minimum absolute atomic E-state index is 0.0624. The average molecular weight is 275 g/mol. The number of carboxylic acid groups (broad SMARTS) is 1. The van der Waals surface area contributed by atoms with Crippen LogP contribution in [0.2, 0.25) is 0 Å². The van der Waals surface area contributed by atoms with Gasteiger partial charge in [0.05, 0.1) is 11.9 Å². The van der Waals surface area contributed by atoms with Gasteiger partial charge in [0.1, 0.15) is 5.75 Å². The number of aliphatic hydroxyl groups is 1. The molecule has 0 saturated carbocycles. The SMILES string of the molecule is CS(=O)(=O)Nc1cc(C[C@H](O)C(=O)O)ccc1O. The number of anilines is 1. The highest BCUT2D eigenvalue weighted by atomic mass is 32.2. The van der Waals surface area contributed by atoms with Crippen molar-refractivity contribution in [3.63, 3.8) is 0 Å². The van der Waals surface area contributed by atoms with Gasteiger partial charge in [-0.3, -0.25) is 4.72 Å². The van der Waals surface area contributed by atoms with Gasteiger partial charge in [0.2, 0.25) is 10.0 Å². The summed E-state index contributed by atoms with van der Waals surface area (Å²) in [7, 11) is -3.55. The first-order valence-electron chi connectivity index (χ1n) is 4.89. The van der Waals surface area contributed by atoms with Crippen LogP contribution in [0.5, 0.6) is 5.75 Å². The maximum Gasteiger partial charge on any atom is 0.332 e. The molecule has 18 heavy (non-hydrogen) atoms. The minimum atomic E-state index is -3.55. The number of sulfonamides is 1. The molecule has 0 aliphatic heterocycles. The Bertz CT molecular complexity index is 553. The normalized spacial score (nSPS) is 13.0. The summed E-state index contributed by atoms with van der Waals surface area (Å²) >= 11 is 0. The van der Waals surface area contributed by atoms with Crippen molar-refractivity contribution in [2.24, 2.45) is 0 Å². The number of phenolic OH excluding ortho intramolecular Hbond substituents is 1. The molecule has 100 valence electrons. The van der Waals surface area contributed by atoms with Gasteiger partial charge in [-0.05, 0) is 17.7 Å². The zero-order valence-electron chi connectivity index (χ0n) is 9.49. The molecule has 0 aliphatic rings. The largest absolute Gasteiger partial charge is 0.506 e. The van der Waals surface area contributed by atoms with E-state index in [2.05, 4.69) is 4.72 Å². The highest BCUT2D eigenvalue weighted by Crippen LogP contribution is 2.25. The Morgan fingerprint density at radius 1 is 1.44 bits per heavy atom. The monoisotopic (exact) mass is 275 g/mol. The number of carboxylic acids is 1. The quantitative estimate of drug-likeness (QED) is 0.549. The number of aliphatic carboxylic acids is 1. The van der Waals surface area contributed by atoms with Crippen LogP contribution < -0.4 is 4.72 Å². The second kappa shape index (κ2) is 5.23. The molecule has 0 fully saturated rings. The summed E-state index contributed by atoms with van der Waals surface area (Å²) in [4.78, 5) is 10.5. The highest BCUT2D eigenvalue weighted by Gasteiger charge is 2.15. The van der Waals surface area contributed by atoms with E-state index in [1.165, 1.54) is 18.2 Å². The van der Waals surface area contributed by atoms with Crippen LogP contribution in [-0.2, 0) is 21.2 Å². The Balaban J connectivity index is 2.97. The fraction of sp³-hybridized carbons (Fsp3) is 0.300. The molecule has 0 amide bonds. The Hall–Kier alpha value is -1.80. The van der Waals surface area contributed by atoms with Crippen molar-refractivity contribution < 1.29 is 28.5 Å². The maximum absolute atomic E-state index is 11.0. The van der Waals surface area contributed by atoms with Crippen molar-refractivity contribution >= 4 is 21.7 Å². The molecule has 4 N–H and O–H groups in total. The zero-order valence-corrected chi connectivity index (χ0v) is 10.3. The zero-order chi connectivity index (χ0) is 13.9. The molecule has 1 atom stereocenters. The standard InChI is InChI=1S/C10H13NO6S/c1-18(16,17)11-7-4-6(2-3-8(7)12)5-9(13)10(14)15/h2-4,9,11-13H,5H2,1H3,(H,14,15)/t9-/m0/s1. The molecule has 0 heterocycles. The van der Waals surface area contributed by atoms with Crippen LogP contribution in [0.15, 0.2) is 18.2 Å². The van der Waals surface area contributed by atoms with Gasteiger partial charge >= 0.3 is 5.97 Å². The predicted molar refractivity (Wildman–Crippen MR) is 63.9 cm³/mol. The van der Waals surface area contributed by atoms with E-state index in [4.69, 9.17) is 5.11 Å². The molecule has 1 aromatic rings. The van der Waals surface area contributed by atoms with Crippen molar-refractivity contribution in [1.29, 1.82) is 0 Å². The molecule has 7 nitrogen and oxygen atoms in total. The Kier molecular flexibility index (Phi) is 4.15. The fourth-order valence-corrected chi connectivity index (χ4v) is 1.87. The third kappa shape index (κ3) is 4.22. The lowest BCUT2D eigenvalue weighted by atomic mass is 10.1. The van der Waals surface area contributed by atoms with Crippen LogP contribution in [0.25, 0.3) is 0 Å². The number of phenols is 1. The highest BCUT2D eigenvalue weighted by molar-refractivity contribution is 7.92. The lowest BCUT2D eigenvalue weighted by Gasteiger charge is -2.10. The summed E-state index contributed by atoms with van der Waals surface area (Å²) in [6.07, 6.45) is -0.847. The van der Waals surface area contributed by atoms with Crippen molar-refractivity contribution in [2.75, 3.05) is 11.0 Å². The number of benzene rings is 1. The summed E-state index contributed by atoms with van der Waals surface area (Å²) in [5, 5.41) is 27.2. The van der Waals surface area contributed by atoms with Gasteiger partial charge in [0.25, 0.3) is 0 Å². The van der Waals surface area contributed by atoms with Crippen LogP contribution in [0.1, 0.15) is 5.56 Å². The minimum Gasteiger partial charge on any atom is -0.506 e. The first kappa shape index (κ1) is 14.3. The van der Waals surface area contributed by atoms with Crippen LogP contribution in [0.3, 0.4) is 0 Å². The molecule has 0 unspecified atom stereocenters. The van der Waals surface area contributed by atoms with E-state index in [9.17, 15) is 23.4 Å². The topological polar surface area (TPSA) is 124 Å². The van der Waals surface area contributed by atoms with E-state index in [0.29, 0.717) is 5.56 Å². The number of rotatable bonds is 5. The summed E-state index contributed by atoms with van der Waals surface area (Å²) in [6, 6.07) is 3.88. The van der Waals surface area contributed by atoms with Gasteiger partial charge in [-0.15, -0.1) is 0 Å². The smallest absolute Gasteiger partial charge is 0.332 e. The number of hydrogen-bond acceptors (Lipinski definition) is 5. The molecule has 0 aliphatic carbocycles. The number of nitrogens with one attached hydrogen (secondary N) is 1. The Morgan fingerprint density at radius 3 is 2.56 bits per heavy atom. The molecule has 1 rings (SSSR count). The van der Waals surface area contributed by atoms with E-state index in [-0.39, 0.29) is 17.9 Å². The first-order chi connectivity index (χ1) is 8.19. The summed E-state index contributed by atoms with van der Waals surface area (Å²) in [5.74, 6) is -1.66. The van der Waals surface area contributed by atoms with E-state index in [0.717, 1.165) is 6.26 Å². The summed E-state index contributed by atoms with van der Waals surface area (Å²) in [6.45, 7) is 0. The fourth-order valence-electron chi connectivity index (χ4n) is 1.30. The lowest BCUT2D eigenvalue weighted by molar-refractivity contribution is -0.146. The molecule has 0 aromatic heterocycles. The number of aromatic hydroxyl groups is 1. The molecular formula is C10H13NO6S. The average Bonchev–Trinajstić information content (AvgIpc) is 2.20. The molecular weight excluding hydrogens is 262 g/mol. The molecule has 0 bridgehead atoms. The van der Waals surface area contributed by atoms with Crippen LogP contribution in [-0.4, -0.2) is 42.1 Å². The summed E-state index contributed by atoms with van der Waals surface area (Å²) < 4.78 is 24.1. The number of carbonyl (C=O) groups is 1. The van der Waals surface area contributed by atoms with E-state index >= 15 is 0 Å². The van der Waals surface area contributed by atoms with Gasteiger partial charge in [-0.2, -0.15) is 0 Å². The second-order valence-corrected chi connectivity index (χ2v) is 5.53. The van der Waals surface area contributed by atoms with Crippen LogP contribution in [0.4, 0.5) is 5.69 Å². The maximum atomic E-state index is 11.0. The second-order valence-electron chi connectivity index (χ2n) is 3.78. The third-order valence-corrected chi connectivity index (χ3v) is 2.66. The Labute approximate surface area is 104 Å². The van der Waals surface area contributed by atoms with Gasteiger partial charge in [0.15, 0.2) is 6.10 Å². The number of aliphatic hydroxyl groups excluding tert-OH is 1. The molecule has 8 heteroatoms. The van der Waals surface area contributed by atoms with Crippen LogP contribution >= 0.6 is 0 Å². The van der Waals surface area contributed by atoms with Gasteiger partial charge in [-0.25, -0.2) is 13.2 Å². The number of hydrogen-bond donors (Lipinski definition) is 4. The van der Waals surface area contributed by atoms with Crippen molar-refractivity contribution in [3.8, 4) is 5.75 Å². The van der Waals surface area contributed by atoms with Crippen molar-refractivity contribution in [2.45, 2.75) is 12.5 Å². The molecule has 0 saturated heterocycles. The third-order valence-electron chi connectivity index (χ3n) is 2.07. The Morgan fingerprint density at radius 2 is 2.06 bits per heavy atom. The van der Waals surface area contributed by atoms with Gasteiger partial charge in [-0.1, -0.05) is 6.07 Å². The van der Waals surface area contributed by atoms with Gasteiger partial charge < -0.3 is 15.3 Å². The van der Waals surface area contributed by atoms with Crippen molar-refractivity contribution in [3.05, 3.63) is 23.8 Å². The predicted octanol–water partition coefficient (Wildman–Crippen LogP) is -0.248. The molecule has 1 aromatic carbocycles.